The van der Waals surface area contributed by atoms with Crippen molar-refractivity contribution >= 4 is 16.5 Å². The van der Waals surface area contributed by atoms with Crippen LogP contribution >= 0.6 is 0 Å². The van der Waals surface area contributed by atoms with Gasteiger partial charge in [0.05, 0.1) is 5.70 Å². The molecular weight excluding hydrogens is 234 g/mol. The topological polar surface area (TPSA) is 36.8 Å². The van der Waals surface area contributed by atoms with Crippen LogP contribution in [0.4, 0.5) is 0 Å². The summed E-state index contributed by atoms with van der Waals surface area (Å²) in [6.45, 7) is 0. The van der Waals surface area contributed by atoms with E-state index in [2.05, 4.69) is 46.1 Å². The second-order valence-corrected chi connectivity index (χ2v) is 4.85. The Balaban J connectivity index is 1.99. The molecule has 1 aliphatic carbocycles. The van der Waals surface area contributed by atoms with Gasteiger partial charge in [-0.2, -0.15) is 0 Å². The average molecular weight is 247 g/mol. The van der Waals surface area contributed by atoms with Crippen molar-refractivity contribution in [2.75, 3.05) is 0 Å². The molecule has 0 aromatic heterocycles. The normalized spacial score (nSPS) is 16.3. The van der Waals surface area contributed by atoms with Gasteiger partial charge in [0.1, 0.15) is 0 Å². The molecule has 1 heterocycles. The molecule has 0 atom stereocenters. The van der Waals surface area contributed by atoms with Crippen LogP contribution in [0.2, 0.25) is 0 Å². The van der Waals surface area contributed by atoms with Crippen molar-refractivity contribution in [3.63, 3.8) is 0 Å². The number of hydrogen-bond acceptors (Lipinski definition) is 3. The van der Waals surface area contributed by atoms with E-state index in [0.29, 0.717) is 0 Å². The zero-order valence-corrected chi connectivity index (χ0v) is 10.4. The maximum Gasteiger partial charge on any atom is 0.0950 e. The minimum Gasteiger partial charge on any atom is -0.267 e. The van der Waals surface area contributed by atoms with Gasteiger partial charge in [0, 0.05) is 11.8 Å². The average Bonchev–Trinajstić information content (AvgIpc) is 2.71. The summed E-state index contributed by atoms with van der Waals surface area (Å²) < 4.78 is 0. The van der Waals surface area contributed by atoms with Crippen LogP contribution in [0.1, 0.15) is 16.7 Å². The lowest BCUT2D eigenvalue weighted by atomic mass is 9.98. The summed E-state index contributed by atoms with van der Waals surface area (Å²) in [5, 5.41) is 10.9. The third-order valence-electron chi connectivity index (χ3n) is 3.80. The van der Waals surface area contributed by atoms with Crippen molar-refractivity contribution in [3.8, 4) is 0 Å². The highest BCUT2D eigenvalue weighted by Gasteiger charge is 2.19. The zero-order valence-electron chi connectivity index (χ0n) is 10.4. The van der Waals surface area contributed by atoms with Crippen molar-refractivity contribution in [3.05, 3.63) is 65.4 Å². The van der Waals surface area contributed by atoms with E-state index < -0.39 is 0 Å². The molecule has 2 aromatic carbocycles. The van der Waals surface area contributed by atoms with Crippen molar-refractivity contribution in [1.29, 1.82) is 0 Å². The summed E-state index contributed by atoms with van der Waals surface area (Å²) in [7, 11) is 0. The fourth-order valence-electron chi connectivity index (χ4n) is 2.98. The van der Waals surface area contributed by atoms with Gasteiger partial charge in [-0.05, 0) is 46.9 Å². The first-order chi connectivity index (χ1) is 9.43. The number of allylic oxidation sites excluding steroid dienone is 2. The van der Waals surface area contributed by atoms with Gasteiger partial charge < -0.3 is 0 Å². The Morgan fingerprint density at radius 2 is 2.05 bits per heavy atom. The lowest BCUT2D eigenvalue weighted by Crippen LogP contribution is -1.91. The Morgan fingerprint density at radius 3 is 3.05 bits per heavy atom. The second-order valence-electron chi connectivity index (χ2n) is 4.85. The van der Waals surface area contributed by atoms with Crippen LogP contribution < -0.4 is 5.43 Å². The molecule has 0 radical (unpaired) electrons. The summed E-state index contributed by atoms with van der Waals surface area (Å²) >= 11 is 0. The van der Waals surface area contributed by atoms with Gasteiger partial charge in [-0.3, -0.25) is 5.43 Å². The van der Waals surface area contributed by atoms with Crippen LogP contribution in [-0.2, 0) is 12.8 Å². The summed E-state index contributed by atoms with van der Waals surface area (Å²) in [5.41, 5.74) is 7.75. The van der Waals surface area contributed by atoms with Crippen molar-refractivity contribution in [1.82, 2.24) is 5.43 Å². The van der Waals surface area contributed by atoms with Crippen LogP contribution in [0.25, 0.3) is 16.5 Å². The summed E-state index contributed by atoms with van der Waals surface area (Å²) in [5.74, 6) is 0. The molecule has 3 heteroatoms. The number of hydrogen-bond donors (Lipinski definition) is 1. The molecule has 92 valence electrons. The Kier molecular flexibility index (Phi) is 2.24. The largest absolute Gasteiger partial charge is 0.267 e. The van der Waals surface area contributed by atoms with Gasteiger partial charge in [0.25, 0.3) is 0 Å². The molecule has 0 bridgehead atoms. The number of aryl methyl sites for hydroxylation is 2. The highest BCUT2D eigenvalue weighted by Crippen LogP contribution is 2.36. The maximum atomic E-state index is 4.24. The summed E-state index contributed by atoms with van der Waals surface area (Å²) in [4.78, 5) is 0. The number of nitrogens with one attached hydrogen (secondary N) is 1. The quantitative estimate of drug-likeness (QED) is 0.818. The molecule has 0 saturated carbocycles. The van der Waals surface area contributed by atoms with Gasteiger partial charge >= 0.3 is 0 Å². The Morgan fingerprint density at radius 1 is 1.05 bits per heavy atom. The van der Waals surface area contributed by atoms with E-state index in [0.717, 1.165) is 18.5 Å². The molecular formula is C16H13N3. The minimum atomic E-state index is 0.926. The van der Waals surface area contributed by atoms with Gasteiger partial charge in [-0.15, -0.1) is 5.11 Å². The van der Waals surface area contributed by atoms with E-state index in [1.54, 1.807) is 6.20 Å². The Bertz CT molecular complexity index is 754. The molecule has 4 rings (SSSR count). The molecule has 0 spiro atoms. The smallest absolute Gasteiger partial charge is 0.0950 e. The number of benzene rings is 2. The first-order valence-corrected chi connectivity index (χ1v) is 6.50. The highest BCUT2D eigenvalue weighted by molar-refractivity contribution is 5.94. The molecule has 1 aliphatic heterocycles. The molecule has 0 fully saturated rings. The van der Waals surface area contributed by atoms with E-state index in [4.69, 9.17) is 0 Å². The predicted octanol–water partition coefficient (Wildman–Crippen LogP) is 3.76. The molecule has 0 amide bonds. The van der Waals surface area contributed by atoms with Gasteiger partial charge in [-0.1, -0.05) is 35.6 Å². The first kappa shape index (κ1) is 10.5. The molecule has 2 aliphatic rings. The van der Waals surface area contributed by atoms with Gasteiger partial charge in [0.15, 0.2) is 0 Å². The molecule has 19 heavy (non-hydrogen) atoms. The van der Waals surface area contributed by atoms with Gasteiger partial charge in [-0.25, -0.2) is 0 Å². The summed E-state index contributed by atoms with van der Waals surface area (Å²) in [6, 6.07) is 10.9. The minimum absolute atomic E-state index is 0.926. The SMILES string of the molecule is C1=CNN=NC(c2ccc3cccc4c3c2CC4)=C1. The third-order valence-corrected chi connectivity index (χ3v) is 3.80. The summed E-state index contributed by atoms with van der Waals surface area (Å²) in [6.07, 6.45) is 7.94. The molecule has 3 nitrogen and oxygen atoms in total. The Hall–Kier alpha value is -2.42. The van der Waals surface area contributed by atoms with Crippen LogP contribution in [0, 0.1) is 0 Å². The highest BCUT2D eigenvalue weighted by atomic mass is 15.4. The Labute approximate surface area is 111 Å². The molecule has 1 N–H and O–H groups in total. The van der Waals surface area contributed by atoms with Crippen molar-refractivity contribution in [2.45, 2.75) is 12.8 Å². The second kappa shape index (κ2) is 4.05. The zero-order chi connectivity index (χ0) is 12.7. The van der Waals surface area contributed by atoms with E-state index in [1.807, 2.05) is 12.2 Å². The van der Waals surface area contributed by atoms with Crippen molar-refractivity contribution in [2.24, 2.45) is 10.3 Å². The van der Waals surface area contributed by atoms with Crippen molar-refractivity contribution < 1.29 is 0 Å². The van der Waals surface area contributed by atoms with E-state index in [1.165, 1.54) is 27.5 Å². The molecule has 0 saturated heterocycles. The fourth-order valence-corrected chi connectivity index (χ4v) is 2.98. The van der Waals surface area contributed by atoms with Gasteiger partial charge in [0.2, 0.25) is 0 Å². The van der Waals surface area contributed by atoms with E-state index in [-0.39, 0.29) is 0 Å². The maximum absolute atomic E-state index is 4.24. The molecule has 2 aromatic rings. The monoisotopic (exact) mass is 247 g/mol. The standard InChI is InChI=1S/C16H13N3/c1-3-11-6-8-13(15-5-2-10-17-19-18-15)14-9-7-12(4-1)16(11)14/h1-6,8,10H,7,9H2,(H,17,18). The van der Waals surface area contributed by atoms with Crippen LogP contribution in [0.15, 0.2) is 59.0 Å². The third kappa shape index (κ3) is 1.58. The number of rotatable bonds is 1. The van der Waals surface area contributed by atoms with Crippen LogP contribution in [0.5, 0.6) is 0 Å². The number of nitrogens with zero attached hydrogens (tertiary/aromatic N) is 2. The molecule has 0 unspecified atom stereocenters. The van der Waals surface area contributed by atoms with Crippen LogP contribution in [0.3, 0.4) is 0 Å². The van der Waals surface area contributed by atoms with E-state index in [9.17, 15) is 0 Å². The predicted molar refractivity (Wildman–Crippen MR) is 76.5 cm³/mol. The lowest BCUT2D eigenvalue weighted by molar-refractivity contribution is 0.880. The fraction of sp³-hybridized carbons (Fsp3) is 0.125. The van der Waals surface area contributed by atoms with E-state index >= 15 is 0 Å². The lowest BCUT2D eigenvalue weighted by Gasteiger charge is -2.08. The first-order valence-electron chi connectivity index (χ1n) is 6.50. The van der Waals surface area contributed by atoms with Crippen LogP contribution in [-0.4, -0.2) is 0 Å².